The summed E-state index contributed by atoms with van der Waals surface area (Å²) < 4.78 is 36.5. The lowest BCUT2D eigenvalue weighted by Crippen LogP contribution is -2.71. The molecule has 8 nitrogen and oxygen atoms in total. The number of likely N-dealkylation sites (tertiary alicyclic amines) is 1. The zero-order chi connectivity index (χ0) is 29.1. The van der Waals surface area contributed by atoms with E-state index < -0.39 is 66.1 Å². The van der Waals surface area contributed by atoms with Crippen molar-refractivity contribution >= 4 is 23.3 Å². The number of alkyl halides is 2. The summed E-state index contributed by atoms with van der Waals surface area (Å²) in [6.07, 6.45) is 0.347. The first-order chi connectivity index (χ1) is 20.3. The highest BCUT2D eigenvalue weighted by molar-refractivity contribution is 6.20. The number of nitrogens with one attached hydrogen (secondary N) is 1. The third-order valence-electron chi connectivity index (χ3n) is 10.5. The smallest absolute Gasteiger partial charge is 0.256 e. The standard InChI is InChI=1S/C32H37F2N3O5/c33-23-13-21-27-31(26(23)34)42-25-15-20-19(28(38)17-7-2-3-8-18(17)29(20)39)14-24(25)37(27)16-22(30(21)40)32(41)35-9-6-12-36-10-4-1-5-11-36/h2-3,7-8,16,19-21,23-27,31H,1,4-6,9-15H2,(H,35,41). The maximum Gasteiger partial charge on any atom is 0.256 e. The maximum absolute atomic E-state index is 15.3. The monoisotopic (exact) mass is 581 g/mol. The van der Waals surface area contributed by atoms with Gasteiger partial charge in [-0.3, -0.25) is 19.2 Å². The second-order valence-electron chi connectivity index (χ2n) is 12.8. The molecule has 4 fully saturated rings. The second kappa shape index (κ2) is 10.9. The van der Waals surface area contributed by atoms with Gasteiger partial charge in [-0.05, 0) is 58.2 Å². The predicted molar refractivity (Wildman–Crippen MR) is 148 cm³/mol. The summed E-state index contributed by atoms with van der Waals surface area (Å²) >= 11 is 0. The number of Topliss-reactive ketones (excluding diaryl/α,β-unsaturated/α-hetero) is 3. The van der Waals surface area contributed by atoms with Crippen LogP contribution in [-0.2, 0) is 14.3 Å². The molecule has 0 aromatic heterocycles. The van der Waals surface area contributed by atoms with Crippen molar-refractivity contribution in [3.8, 4) is 0 Å². The van der Waals surface area contributed by atoms with Crippen LogP contribution in [0.1, 0.15) is 65.7 Å². The van der Waals surface area contributed by atoms with Gasteiger partial charge in [-0.2, -0.15) is 0 Å². The summed E-state index contributed by atoms with van der Waals surface area (Å²) in [6.45, 7) is 3.39. The number of carbonyl (C=O) groups excluding carboxylic acids is 4. The first-order valence-electron chi connectivity index (χ1n) is 15.5. The minimum absolute atomic E-state index is 0.0587. The molecular weight excluding hydrogens is 544 g/mol. The number of carbonyl (C=O) groups is 4. The number of amides is 1. The van der Waals surface area contributed by atoms with Crippen LogP contribution >= 0.6 is 0 Å². The maximum atomic E-state index is 15.3. The van der Waals surface area contributed by atoms with E-state index in [1.165, 1.54) is 25.5 Å². The summed E-state index contributed by atoms with van der Waals surface area (Å²) in [5, 5.41) is 2.87. The van der Waals surface area contributed by atoms with Gasteiger partial charge in [0.15, 0.2) is 23.5 Å². The molecule has 9 unspecified atom stereocenters. The van der Waals surface area contributed by atoms with Gasteiger partial charge in [0.1, 0.15) is 12.3 Å². The summed E-state index contributed by atoms with van der Waals surface area (Å²) in [4.78, 5) is 58.1. The highest BCUT2D eigenvalue weighted by Crippen LogP contribution is 2.50. The number of hydrogen-bond donors (Lipinski definition) is 1. The molecule has 0 radical (unpaired) electrons. The molecule has 1 aromatic carbocycles. The Kier molecular flexibility index (Phi) is 7.25. The van der Waals surface area contributed by atoms with Crippen molar-refractivity contribution in [1.82, 2.24) is 15.1 Å². The average molecular weight is 582 g/mol. The predicted octanol–water partition coefficient (Wildman–Crippen LogP) is 3.05. The Labute approximate surface area is 243 Å². The highest BCUT2D eigenvalue weighted by atomic mass is 19.2. The van der Waals surface area contributed by atoms with E-state index in [1.807, 2.05) is 4.90 Å². The molecule has 10 heteroatoms. The van der Waals surface area contributed by atoms with Gasteiger partial charge in [0.2, 0.25) is 0 Å². The van der Waals surface area contributed by atoms with Gasteiger partial charge in [-0.15, -0.1) is 0 Å². The van der Waals surface area contributed by atoms with E-state index in [0.717, 1.165) is 26.1 Å². The fourth-order valence-corrected chi connectivity index (χ4v) is 8.40. The lowest BCUT2D eigenvalue weighted by atomic mass is 9.63. The Balaban J connectivity index is 1.15. The molecule has 1 amide bonds. The van der Waals surface area contributed by atoms with Gasteiger partial charge in [-0.25, -0.2) is 8.78 Å². The van der Waals surface area contributed by atoms with Crippen LogP contribution in [0.2, 0.25) is 0 Å². The number of rotatable bonds is 5. The lowest BCUT2D eigenvalue weighted by Gasteiger charge is -2.59. The number of benzene rings is 1. The van der Waals surface area contributed by atoms with Crippen LogP contribution in [0.25, 0.3) is 0 Å². The van der Waals surface area contributed by atoms with E-state index in [2.05, 4.69) is 10.2 Å². The molecule has 7 rings (SSSR count). The number of halogens is 2. The van der Waals surface area contributed by atoms with Crippen LogP contribution in [0.5, 0.6) is 0 Å². The lowest BCUT2D eigenvalue weighted by molar-refractivity contribution is -0.214. The zero-order valence-corrected chi connectivity index (χ0v) is 23.6. The third-order valence-corrected chi connectivity index (χ3v) is 10.5. The van der Waals surface area contributed by atoms with E-state index in [-0.39, 0.29) is 36.4 Å². The van der Waals surface area contributed by atoms with Gasteiger partial charge >= 0.3 is 0 Å². The molecule has 224 valence electrons. The number of nitrogens with zero attached hydrogens (tertiary/aromatic N) is 2. The van der Waals surface area contributed by atoms with E-state index in [0.29, 0.717) is 17.7 Å². The largest absolute Gasteiger partial charge is 0.367 e. The van der Waals surface area contributed by atoms with Crippen LogP contribution in [0.3, 0.4) is 0 Å². The second-order valence-corrected chi connectivity index (χ2v) is 12.8. The molecule has 42 heavy (non-hydrogen) atoms. The number of piperidine rings is 1. The normalized spacial score (nSPS) is 37.7. The fraction of sp³-hybridized carbons (Fsp3) is 0.625. The first kappa shape index (κ1) is 27.8. The first-order valence-corrected chi connectivity index (χ1v) is 15.5. The number of fused-ring (bicyclic) bond motifs is 4. The number of ketones is 3. The van der Waals surface area contributed by atoms with Crippen LogP contribution in [0.4, 0.5) is 8.78 Å². The minimum atomic E-state index is -1.93. The van der Waals surface area contributed by atoms with Crippen LogP contribution in [0.15, 0.2) is 36.0 Å². The topological polar surface area (TPSA) is 96.0 Å². The minimum Gasteiger partial charge on any atom is -0.367 e. The van der Waals surface area contributed by atoms with Crippen LogP contribution < -0.4 is 5.32 Å². The summed E-state index contributed by atoms with van der Waals surface area (Å²) in [5.74, 6) is -3.36. The molecule has 1 N–H and O–H groups in total. The van der Waals surface area contributed by atoms with E-state index in [1.54, 1.807) is 24.3 Å². The summed E-state index contributed by atoms with van der Waals surface area (Å²) in [7, 11) is 0. The van der Waals surface area contributed by atoms with Gasteiger partial charge < -0.3 is 19.9 Å². The van der Waals surface area contributed by atoms with Crippen molar-refractivity contribution in [2.24, 2.45) is 17.8 Å². The van der Waals surface area contributed by atoms with E-state index in [9.17, 15) is 23.6 Å². The number of hydrogen-bond acceptors (Lipinski definition) is 7. The molecule has 2 saturated heterocycles. The SMILES string of the molecule is O=C(NCCCN1CCCCC1)C1=CN2C3CC4C(=O)c5ccccc5C(=O)C4CC3OC3C(F)C(F)CC(C1=O)C32. The highest BCUT2D eigenvalue weighted by Gasteiger charge is 2.61. The Morgan fingerprint density at radius 2 is 1.60 bits per heavy atom. The zero-order valence-electron chi connectivity index (χ0n) is 23.6. The molecule has 2 saturated carbocycles. The Morgan fingerprint density at radius 1 is 0.905 bits per heavy atom. The van der Waals surface area contributed by atoms with Crippen LogP contribution in [0, 0.1) is 17.8 Å². The Bertz CT molecular complexity index is 1330. The molecule has 1 aromatic rings. The van der Waals surface area contributed by atoms with Crippen molar-refractivity contribution < 1.29 is 32.7 Å². The molecule has 6 aliphatic rings. The number of morpholine rings is 1. The molecule has 0 spiro atoms. The Morgan fingerprint density at radius 3 is 2.31 bits per heavy atom. The van der Waals surface area contributed by atoms with Crippen molar-refractivity contribution in [3.05, 3.63) is 47.2 Å². The molecule has 0 bridgehead atoms. The molecular formula is C32H37F2N3O5. The average Bonchev–Trinajstić information content (AvgIpc) is 3.01. The van der Waals surface area contributed by atoms with Crippen molar-refractivity contribution in [1.29, 1.82) is 0 Å². The van der Waals surface area contributed by atoms with Crippen molar-refractivity contribution in [3.63, 3.8) is 0 Å². The van der Waals surface area contributed by atoms with Crippen LogP contribution in [-0.4, -0.2) is 95.9 Å². The fourth-order valence-electron chi connectivity index (χ4n) is 8.40. The quantitative estimate of drug-likeness (QED) is 0.422. The van der Waals surface area contributed by atoms with E-state index in [4.69, 9.17) is 4.74 Å². The van der Waals surface area contributed by atoms with Gasteiger partial charge in [0.25, 0.3) is 5.91 Å². The summed E-state index contributed by atoms with van der Waals surface area (Å²) in [6, 6.07) is 5.57. The van der Waals surface area contributed by atoms with Gasteiger partial charge in [0.05, 0.1) is 23.8 Å². The van der Waals surface area contributed by atoms with Gasteiger partial charge in [-0.1, -0.05) is 30.7 Å². The third kappa shape index (κ3) is 4.53. The molecule has 3 heterocycles. The molecule has 3 aliphatic heterocycles. The summed E-state index contributed by atoms with van der Waals surface area (Å²) in [5.41, 5.74) is 0.741. The van der Waals surface area contributed by atoms with Crippen molar-refractivity contribution in [2.45, 2.75) is 81.6 Å². The van der Waals surface area contributed by atoms with E-state index >= 15 is 4.39 Å². The van der Waals surface area contributed by atoms with Crippen molar-refractivity contribution in [2.75, 3.05) is 26.2 Å². The van der Waals surface area contributed by atoms with Gasteiger partial charge in [0, 0.05) is 41.6 Å². The molecule has 9 atom stereocenters. The number of ether oxygens (including phenoxy) is 1. The molecule has 3 aliphatic carbocycles. The Hall–Kier alpha value is -2.98.